The highest BCUT2D eigenvalue weighted by Gasteiger charge is 2.07. The van der Waals surface area contributed by atoms with Crippen LogP contribution in [0.3, 0.4) is 0 Å². The zero-order valence-electron chi connectivity index (χ0n) is 15.6. The van der Waals surface area contributed by atoms with E-state index in [1.165, 1.54) is 0 Å². The van der Waals surface area contributed by atoms with E-state index < -0.39 is 0 Å². The number of carbonyl (C=O) groups is 1. The average Bonchev–Trinajstić information content (AvgIpc) is 2.67. The van der Waals surface area contributed by atoms with Crippen molar-refractivity contribution in [1.29, 1.82) is 0 Å². The van der Waals surface area contributed by atoms with Gasteiger partial charge in [-0.15, -0.1) is 0 Å². The van der Waals surface area contributed by atoms with Crippen molar-refractivity contribution in [1.82, 2.24) is 5.32 Å². The second-order valence-electron chi connectivity index (χ2n) is 5.72. The molecule has 144 valence electrons. The van der Waals surface area contributed by atoms with Crippen LogP contribution in [-0.4, -0.2) is 37.9 Å². The van der Waals surface area contributed by atoms with Crippen molar-refractivity contribution in [3.8, 4) is 5.75 Å². The van der Waals surface area contributed by atoms with Crippen LogP contribution in [-0.2, 0) is 4.74 Å². The van der Waals surface area contributed by atoms with Gasteiger partial charge in [0.1, 0.15) is 5.75 Å². The number of thiocarbonyl (C=S) groups is 1. The fourth-order valence-corrected chi connectivity index (χ4v) is 2.52. The molecule has 0 fully saturated rings. The predicted octanol–water partition coefficient (Wildman–Crippen LogP) is 3.66. The zero-order valence-corrected chi connectivity index (χ0v) is 16.4. The van der Waals surface area contributed by atoms with Gasteiger partial charge in [-0.1, -0.05) is 0 Å². The van der Waals surface area contributed by atoms with E-state index in [9.17, 15) is 4.79 Å². The quantitative estimate of drug-likeness (QED) is 0.451. The summed E-state index contributed by atoms with van der Waals surface area (Å²) >= 11 is 5.23. The van der Waals surface area contributed by atoms with Crippen molar-refractivity contribution in [2.75, 3.05) is 37.5 Å². The highest BCUT2D eigenvalue weighted by Crippen LogP contribution is 2.17. The van der Waals surface area contributed by atoms with Crippen molar-refractivity contribution in [3.05, 3.63) is 54.1 Å². The number of anilines is 2. The molecular weight excluding hydrogens is 362 g/mol. The Kier molecular flexibility index (Phi) is 8.54. The van der Waals surface area contributed by atoms with E-state index in [1.54, 1.807) is 19.2 Å². The van der Waals surface area contributed by atoms with E-state index in [4.69, 9.17) is 21.7 Å². The Bertz CT molecular complexity index is 733. The Morgan fingerprint density at radius 2 is 1.63 bits per heavy atom. The molecule has 27 heavy (non-hydrogen) atoms. The summed E-state index contributed by atoms with van der Waals surface area (Å²) in [7, 11) is 1.67. The second-order valence-corrected chi connectivity index (χ2v) is 6.12. The van der Waals surface area contributed by atoms with Crippen LogP contribution >= 0.6 is 12.2 Å². The maximum Gasteiger partial charge on any atom is 0.255 e. The lowest BCUT2D eigenvalue weighted by molar-refractivity contribution is 0.102. The third-order valence-electron chi connectivity index (χ3n) is 3.64. The third kappa shape index (κ3) is 7.24. The molecule has 0 aromatic heterocycles. The highest BCUT2D eigenvalue weighted by molar-refractivity contribution is 7.80. The molecule has 0 spiro atoms. The first-order valence-corrected chi connectivity index (χ1v) is 9.21. The average molecular weight is 388 g/mol. The monoisotopic (exact) mass is 387 g/mol. The maximum atomic E-state index is 12.3. The Labute approximate surface area is 165 Å². The number of rotatable bonds is 9. The molecule has 2 rings (SSSR count). The fraction of sp³-hybridized carbons (Fsp3) is 0.300. The van der Waals surface area contributed by atoms with Gasteiger partial charge in [0.25, 0.3) is 5.91 Å². The lowest BCUT2D eigenvalue weighted by atomic mass is 10.2. The number of hydrogen-bond donors (Lipinski definition) is 3. The van der Waals surface area contributed by atoms with Gasteiger partial charge in [0.15, 0.2) is 5.11 Å². The van der Waals surface area contributed by atoms with E-state index in [-0.39, 0.29) is 5.91 Å². The minimum absolute atomic E-state index is 0.175. The van der Waals surface area contributed by atoms with Gasteiger partial charge in [0.2, 0.25) is 0 Å². The number of amides is 1. The summed E-state index contributed by atoms with van der Waals surface area (Å²) in [6.45, 7) is 3.96. The lowest BCUT2D eigenvalue weighted by Gasteiger charge is -2.11. The van der Waals surface area contributed by atoms with E-state index in [0.717, 1.165) is 24.4 Å². The van der Waals surface area contributed by atoms with Gasteiger partial charge < -0.3 is 25.4 Å². The largest absolute Gasteiger partial charge is 0.494 e. The summed E-state index contributed by atoms with van der Waals surface area (Å²) in [4.78, 5) is 12.3. The van der Waals surface area contributed by atoms with Crippen LogP contribution in [0.1, 0.15) is 23.7 Å². The zero-order chi connectivity index (χ0) is 19.5. The molecule has 6 nitrogen and oxygen atoms in total. The number of ether oxygens (including phenoxy) is 2. The molecule has 0 heterocycles. The van der Waals surface area contributed by atoms with Crippen LogP contribution in [0.15, 0.2) is 48.5 Å². The number of benzene rings is 2. The molecule has 0 saturated heterocycles. The van der Waals surface area contributed by atoms with Gasteiger partial charge in [-0.05, 0) is 74.1 Å². The topological polar surface area (TPSA) is 71.6 Å². The van der Waals surface area contributed by atoms with Crippen molar-refractivity contribution in [2.24, 2.45) is 0 Å². The van der Waals surface area contributed by atoms with Crippen LogP contribution in [0.5, 0.6) is 5.75 Å². The van der Waals surface area contributed by atoms with E-state index in [1.807, 2.05) is 43.3 Å². The summed E-state index contributed by atoms with van der Waals surface area (Å²) in [5, 5.41) is 9.59. The van der Waals surface area contributed by atoms with Crippen molar-refractivity contribution < 1.29 is 14.3 Å². The summed E-state index contributed by atoms with van der Waals surface area (Å²) in [5.41, 5.74) is 2.09. The van der Waals surface area contributed by atoms with Gasteiger partial charge >= 0.3 is 0 Å². The number of nitrogens with one attached hydrogen (secondary N) is 3. The molecule has 1 amide bonds. The molecular formula is C20H25N3O3S. The summed E-state index contributed by atoms with van der Waals surface area (Å²) in [6.07, 6.45) is 0.878. The van der Waals surface area contributed by atoms with Crippen molar-refractivity contribution in [2.45, 2.75) is 13.3 Å². The van der Waals surface area contributed by atoms with Crippen LogP contribution in [0.2, 0.25) is 0 Å². The first-order chi connectivity index (χ1) is 13.1. The van der Waals surface area contributed by atoms with Crippen molar-refractivity contribution >= 4 is 34.6 Å². The first kappa shape index (κ1) is 20.7. The van der Waals surface area contributed by atoms with Crippen molar-refractivity contribution in [3.63, 3.8) is 0 Å². The van der Waals surface area contributed by atoms with E-state index in [2.05, 4.69) is 16.0 Å². The molecule has 7 heteroatoms. The van der Waals surface area contributed by atoms with Crippen LogP contribution in [0, 0.1) is 0 Å². The van der Waals surface area contributed by atoms with Crippen LogP contribution in [0.25, 0.3) is 0 Å². The number of methoxy groups -OCH3 is 1. The molecule has 0 atom stereocenters. The second kappa shape index (κ2) is 11.2. The molecule has 3 N–H and O–H groups in total. The maximum absolute atomic E-state index is 12.3. The number of hydrogen-bond acceptors (Lipinski definition) is 4. The molecule has 2 aromatic rings. The summed E-state index contributed by atoms with van der Waals surface area (Å²) < 4.78 is 10.4. The Morgan fingerprint density at radius 1 is 1.00 bits per heavy atom. The van der Waals surface area contributed by atoms with Crippen LogP contribution in [0.4, 0.5) is 11.4 Å². The molecule has 0 aliphatic carbocycles. The first-order valence-electron chi connectivity index (χ1n) is 8.80. The van der Waals surface area contributed by atoms with Gasteiger partial charge in [-0.3, -0.25) is 4.79 Å². The smallest absolute Gasteiger partial charge is 0.255 e. The van der Waals surface area contributed by atoms with Gasteiger partial charge in [-0.25, -0.2) is 0 Å². The fourth-order valence-electron chi connectivity index (χ4n) is 2.30. The molecule has 0 aliphatic rings. The minimum Gasteiger partial charge on any atom is -0.494 e. The Balaban J connectivity index is 1.84. The SMILES string of the molecule is CCOc1ccc(NC(=O)c2ccc(NC(=S)NCCCOC)cc2)cc1. The summed E-state index contributed by atoms with van der Waals surface area (Å²) in [6, 6.07) is 14.4. The molecule has 0 unspecified atom stereocenters. The van der Waals surface area contributed by atoms with E-state index in [0.29, 0.717) is 29.6 Å². The van der Waals surface area contributed by atoms with E-state index >= 15 is 0 Å². The standard InChI is InChI=1S/C20H25N3O3S/c1-3-26-18-11-9-16(10-12-18)22-19(24)15-5-7-17(8-6-15)23-20(27)21-13-4-14-25-2/h5-12H,3-4,13-14H2,1-2H3,(H,22,24)(H2,21,23,27). The van der Waals surface area contributed by atoms with Gasteiger partial charge in [0, 0.05) is 37.2 Å². The predicted molar refractivity (Wildman–Crippen MR) is 113 cm³/mol. The summed E-state index contributed by atoms with van der Waals surface area (Å²) in [5.74, 6) is 0.601. The molecule has 0 bridgehead atoms. The Hall–Kier alpha value is -2.64. The molecule has 2 aromatic carbocycles. The minimum atomic E-state index is -0.175. The highest BCUT2D eigenvalue weighted by atomic mass is 32.1. The third-order valence-corrected chi connectivity index (χ3v) is 3.89. The Morgan fingerprint density at radius 3 is 2.26 bits per heavy atom. The molecule has 0 aliphatic heterocycles. The van der Waals surface area contributed by atoms with Crippen LogP contribution < -0.4 is 20.7 Å². The molecule has 0 saturated carbocycles. The normalized spacial score (nSPS) is 10.1. The van der Waals surface area contributed by atoms with Gasteiger partial charge in [0.05, 0.1) is 6.61 Å². The van der Waals surface area contributed by atoms with Gasteiger partial charge in [-0.2, -0.15) is 0 Å². The number of carbonyl (C=O) groups excluding carboxylic acids is 1. The lowest BCUT2D eigenvalue weighted by Crippen LogP contribution is -2.29. The molecule has 0 radical (unpaired) electrons.